The van der Waals surface area contributed by atoms with Crippen LogP contribution in [-0.2, 0) is 14.8 Å². The first-order valence-electron chi connectivity index (χ1n) is 6.79. The maximum atomic E-state index is 12.5. The van der Waals surface area contributed by atoms with Crippen LogP contribution in [0.15, 0.2) is 35.2 Å². The van der Waals surface area contributed by atoms with Gasteiger partial charge in [0, 0.05) is 28.4 Å². The standard InChI is InChI=1S/C15H18ClNO4S2/c1-10-4-7-14(22-10)13(21-3)9-17-23(18,19)15-8-11(16)5-6-12(15)20-2/h4-8,13,17H,9H2,1-3H3. The van der Waals surface area contributed by atoms with E-state index in [2.05, 4.69) is 4.72 Å². The molecule has 5 nitrogen and oxygen atoms in total. The zero-order valence-corrected chi connectivity index (χ0v) is 15.4. The monoisotopic (exact) mass is 375 g/mol. The van der Waals surface area contributed by atoms with Crippen LogP contribution in [0.3, 0.4) is 0 Å². The predicted molar refractivity (Wildman–Crippen MR) is 92.0 cm³/mol. The van der Waals surface area contributed by atoms with Crippen molar-refractivity contribution in [3.8, 4) is 5.75 Å². The van der Waals surface area contributed by atoms with Gasteiger partial charge < -0.3 is 9.47 Å². The van der Waals surface area contributed by atoms with Crippen LogP contribution in [0.5, 0.6) is 5.75 Å². The number of thiophene rings is 1. The third-order valence-electron chi connectivity index (χ3n) is 3.24. The number of ether oxygens (including phenoxy) is 2. The fraction of sp³-hybridized carbons (Fsp3) is 0.333. The summed E-state index contributed by atoms with van der Waals surface area (Å²) in [6.45, 7) is 2.11. The summed E-state index contributed by atoms with van der Waals surface area (Å²) < 4.78 is 38.1. The van der Waals surface area contributed by atoms with Crippen molar-refractivity contribution < 1.29 is 17.9 Å². The van der Waals surface area contributed by atoms with E-state index in [-0.39, 0.29) is 23.3 Å². The summed E-state index contributed by atoms with van der Waals surface area (Å²) in [7, 11) is -0.806. The number of hydrogen-bond donors (Lipinski definition) is 1. The SMILES string of the molecule is COc1ccc(Cl)cc1S(=O)(=O)NCC(OC)c1ccc(C)s1. The smallest absolute Gasteiger partial charge is 0.244 e. The molecule has 1 aromatic heterocycles. The summed E-state index contributed by atoms with van der Waals surface area (Å²) in [5.74, 6) is 0.239. The molecule has 1 N–H and O–H groups in total. The van der Waals surface area contributed by atoms with Gasteiger partial charge in [-0.05, 0) is 37.3 Å². The van der Waals surface area contributed by atoms with Gasteiger partial charge in [-0.1, -0.05) is 11.6 Å². The maximum Gasteiger partial charge on any atom is 0.244 e. The number of benzene rings is 1. The number of nitrogens with one attached hydrogen (secondary N) is 1. The molecule has 2 aromatic rings. The Hall–Kier alpha value is -1.12. The fourth-order valence-corrected chi connectivity index (χ4v) is 4.47. The minimum Gasteiger partial charge on any atom is -0.495 e. The molecule has 0 aliphatic heterocycles. The Labute approximate surface area is 145 Å². The van der Waals surface area contributed by atoms with Crippen molar-refractivity contribution >= 4 is 33.0 Å². The highest BCUT2D eigenvalue weighted by Crippen LogP contribution is 2.28. The van der Waals surface area contributed by atoms with Gasteiger partial charge in [-0.25, -0.2) is 13.1 Å². The van der Waals surface area contributed by atoms with E-state index in [0.717, 1.165) is 9.75 Å². The molecule has 0 saturated heterocycles. The summed E-state index contributed by atoms with van der Waals surface area (Å²) in [5.41, 5.74) is 0. The first-order chi connectivity index (χ1) is 10.9. The molecule has 0 aliphatic rings. The minimum absolute atomic E-state index is 0.00436. The molecular formula is C15H18ClNO4S2. The molecule has 0 fully saturated rings. The lowest BCUT2D eigenvalue weighted by Gasteiger charge is -2.16. The van der Waals surface area contributed by atoms with Crippen LogP contribution in [0.2, 0.25) is 5.02 Å². The molecule has 0 amide bonds. The van der Waals surface area contributed by atoms with Crippen LogP contribution < -0.4 is 9.46 Å². The molecule has 2 rings (SSSR count). The minimum atomic E-state index is -3.77. The quantitative estimate of drug-likeness (QED) is 0.805. The van der Waals surface area contributed by atoms with E-state index in [1.165, 1.54) is 19.2 Å². The lowest BCUT2D eigenvalue weighted by molar-refractivity contribution is 0.110. The van der Waals surface area contributed by atoms with E-state index in [1.807, 2.05) is 19.1 Å². The Kier molecular flexibility index (Phi) is 6.05. The summed E-state index contributed by atoms with van der Waals surface area (Å²) in [4.78, 5) is 2.11. The topological polar surface area (TPSA) is 64.6 Å². The third kappa shape index (κ3) is 4.45. The van der Waals surface area contributed by atoms with E-state index >= 15 is 0 Å². The first kappa shape index (κ1) is 18.2. The summed E-state index contributed by atoms with van der Waals surface area (Å²) in [6.07, 6.45) is -0.353. The van der Waals surface area contributed by atoms with Crippen molar-refractivity contribution in [1.29, 1.82) is 0 Å². The van der Waals surface area contributed by atoms with Crippen LogP contribution in [0.25, 0.3) is 0 Å². The molecule has 8 heteroatoms. The third-order valence-corrected chi connectivity index (χ3v) is 6.01. The number of hydrogen-bond acceptors (Lipinski definition) is 5. The second-order valence-corrected chi connectivity index (χ2v) is 8.31. The lowest BCUT2D eigenvalue weighted by Crippen LogP contribution is -2.29. The number of methoxy groups -OCH3 is 2. The molecule has 126 valence electrons. The molecule has 1 atom stereocenters. The molecule has 1 aromatic carbocycles. The molecular weight excluding hydrogens is 358 g/mol. The molecule has 23 heavy (non-hydrogen) atoms. The summed E-state index contributed by atoms with van der Waals surface area (Å²) in [6, 6.07) is 8.36. The Balaban J connectivity index is 2.19. The summed E-state index contributed by atoms with van der Waals surface area (Å²) in [5, 5.41) is 0.323. The number of sulfonamides is 1. The van der Waals surface area contributed by atoms with Crippen molar-refractivity contribution in [3.63, 3.8) is 0 Å². The van der Waals surface area contributed by atoms with Gasteiger partial charge in [-0.2, -0.15) is 0 Å². The molecule has 0 aliphatic carbocycles. The average Bonchev–Trinajstić information content (AvgIpc) is 2.94. The number of halogens is 1. The van der Waals surface area contributed by atoms with Crippen LogP contribution in [0.4, 0.5) is 0 Å². The van der Waals surface area contributed by atoms with Gasteiger partial charge in [-0.15, -0.1) is 11.3 Å². The van der Waals surface area contributed by atoms with Crippen LogP contribution in [-0.4, -0.2) is 29.2 Å². The van der Waals surface area contributed by atoms with Gasteiger partial charge in [0.1, 0.15) is 16.7 Å². The van der Waals surface area contributed by atoms with Crippen LogP contribution >= 0.6 is 22.9 Å². The van der Waals surface area contributed by atoms with E-state index in [1.54, 1.807) is 24.5 Å². The van der Waals surface area contributed by atoms with Crippen LogP contribution in [0, 0.1) is 6.92 Å². The first-order valence-corrected chi connectivity index (χ1v) is 9.47. The highest BCUT2D eigenvalue weighted by Gasteiger charge is 2.22. The normalized spacial score (nSPS) is 13.0. The van der Waals surface area contributed by atoms with Gasteiger partial charge >= 0.3 is 0 Å². The molecule has 0 radical (unpaired) electrons. The molecule has 1 heterocycles. The van der Waals surface area contributed by atoms with Gasteiger partial charge in [0.2, 0.25) is 10.0 Å². The zero-order chi connectivity index (χ0) is 17.0. The van der Waals surface area contributed by atoms with Gasteiger partial charge in [0.15, 0.2) is 0 Å². The number of aryl methyl sites for hydroxylation is 1. The molecule has 1 unspecified atom stereocenters. The molecule has 0 spiro atoms. The number of rotatable bonds is 7. The van der Waals surface area contributed by atoms with Crippen LogP contribution in [0.1, 0.15) is 15.9 Å². The van der Waals surface area contributed by atoms with Crippen molar-refractivity contribution in [2.24, 2.45) is 0 Å². The van der Waals surface area contributed by atoms with Gasteiger partial charge in [0.05, 0.1) is 7.11 Å². The van der Waals surface area contributed by atoms with Gasteiger partial charge in [0.25, 0.3) is 0 Å². The highest BCUT2D eigenvalue weighted by atomic mass is 35.5. The Morgan fingerprint density at radius 2 is 2.00 bits per heavy atom. The maximum absolute atomic E-state index is 12.5. The average molecular weight is 376 g/mol. The predicted octanol–water partition coefficient (Wildman–Crippen LogP) is 3.38. The second kappa shape index (κ2) is 7.63. The highest BCUT2D eigenvalue weighted by molar-refractivity contribution is 7.89. The Morgan fingerprint density at radius 1 is 1.26 bits per heavy atom. The van der Waals surface area contributed by atoms with Gasteiger partial charge in [-0.3, -0.25) is 0 Å². The van der Waals surface area contributed by atoms with E-state index in [9.17, 15) is 8.42 Å². The fourth-order valence-electron chi connectivity index (χ4n) is 2.05. The lowest BCUT2D eigenvalue weighted by atomic mass is 10.3. The van der Waals surface area contributed by atoms with Crippen molar-refractivity contribution in [3.05, 3.63) is 45.1 Å². The molecule has 0 saturated carbocycles. The van der Waals surface area contributed by atoms with E-state index in [0.29, 0.717) is 5.02 Å². The second-order valence-electron chi connectivity index (χ2n) is 4.82. The zero-order valence-electron chi connectivity index (χ0n) is 13.0. The Bertz CT molecular complexity index is 774. The molecule has 0 bridgehead atoms. The van der Waals surface area contributed by atoms with Crippen molar-refractivity contribution in [1.82, 2.24) is 4.72 Å². The van der Waals surface area contributed by atoms with E-state index in [4.69, 9.17) is 21.1 Å². The van der Waals surface area contributed by atoms with E-state index < -0.39 is 10.0 Å². The van der Waals surface area contributed by atoms with Crippen molar-refractivity contribution in [2.45, 2.75) is 17.9 Å². The largest absolute Gasteiger partial charge is 0.495 e. The summed E-state index contributed by atoms with van der Waals surface area (Å²) >= 11 is 7.47. The van der Waals surface area contributed by atoms with Crippen molar-refractivity contribution in [2.75, 3.05) is 20.8 Å². The Morgan fingerprint density at radius 3 is 2.57 bits per heavy atom.